The Morgan fingerprint density at radius 1 is 1.21 bits per heavy atom. The van der Waals surface area contributed by atoms with Crippen molar-refractivity contribution >= 4 is 22.7 Å². The Bertz CT molecular complexity index is 921. The van der Waals surface area contributed by atoms with Crippen molar-refractivity contribution in [1.82, 2.24) is 14.4 Å². The zero-order chi connectivity index (χ0) is 19.3. The molecular weight excluding hydrogens is 354 g/mol. The predicted octanol–water partition coefficient (Wildman–Crippen LogP) is 2.51. The van der Waals surface area contributed by atoms with Crippen LogP contribution in [-0.4, -0.2) is 59.0 Å². The zero-order valence-corrected chi connectivity index (χ0v) is 16.3. The van der Waals surface area contributed by atoms with Crippen molar-refractivity contribution in [2.24, 2.45) is 11.8 Å². The molecule has 0 radical (unpaired) electrons. The molecule has 3 saturated heterocycles. The minimum atomic E-state index is 0.172. The van der Waals surface area contributed by atoms with Crippen LogP contribution in [0.3, 0.4) is 0 Å². The van der Waals surface area contributed by atoms with Crippen molar-refractivity contribution in [3.63, 3.8) is 0 Å². The highest BCUT2D eigenvalue weighted by atomic mass is 16.5. The molecule has 148 valence electrons. The molecule has 28 heavy (non-hydrogen) atoms. The summed E-state index contributed by atoms with van der Waals surface area (Å²) < 4.78 is 7.45. The Kier molecular flexibility index (Phi) is 4.29. The number of hydrogen-bond donors (Lipinski definition) is 0. The van der Waals surface area contributed by atoms with E-state index in [0.717, 1.165) is 55.5 Å². The van der Waals surface area contributed by atoms with Crippen molar-refractivity contribution in [3.8, 4) is 5.75 Å². The lowest BCUT2D eigenvalue weighted by Crippen LogP contribution is -2.61. The van der Waals surface area contributed by atoms with E-state index in [9.17, 15) is 9.59 Å². The number of piperidine rings is 3. The zero-order valence-electron chi connectivity index (χ0n) is 16.3. The quantitative estimate of drug-likeness (QED) is 0.821. The maximum atomic E-state index is 13.1. The van der Waals surface area contributed by atoms with Gasteiger partial charge in [-0.15, -0.1) is 0 Å². The van der Waals surface area contributed by atoms with E-state index in [1.807, 2.05) is 39.9 Å². The Morgan fingerprint density at radius 2 is 2.11 bits per heavy atom. The molecule has 3 fully saturated rings. The van der Waals surface area contributed by atoms with E-state index in [1.165, 1.54) is 0 Å². The summed E-state index contributed by atoms with van der Waals surface area (Å²) in [6, 6.07) is 8.28. The van der Waals surface area contributed by atoms with Crippen molar-refractivity contribution < 1.29 is 14.3 Å². The highest BCUT2D eigenvalue weighted by molar-refractivity contribution is 5.88. The maximum absolute atomic E-state index is 13.1. The summed E-state index contributed by atoms with van der Waals surface area (Å²) >= 11 is 0. The number of likely N-dealkylation sites (tertiary alicyclic amines) is 1. The van der Waals surface area contributed by atoms with Gasteiger partial charge in [-0.1, -0.05) is 6.07 Å². The second-order valence-electron chi connectivity index (χ2n) is 8.50. The topological polar surface area (TPSA) is 54.8 Å². The van der Waals surface area contributed by atoms with Gasteiger partial charge in [0.15, 0.2) is 0 Å². The number of benzene rings is 1. The molecule has 0 aliphatic carbocycles. The van der Waals surface area contributed by atoms with Gasteiger partial charge in [0.05, 0.1) is 12.6 Å². The molecule has 6 heteroatoms. The lowest BCUT2D eigenvalue weighted by atomic mass is 9.76. The number of amides is 2. The molecule has 5 rings (SSSR count). The Labute approximate surface area is 165 Å². The summed E-state index contributed by atoms with van der Waals surface area (Å²) in [7, 11) is 1.67. The maximum Gasteiger partial charge on any atom is 0.242 e. The van der Waals surface area contributed by atoms with Crippen LogP contribution >= 0.6 is 0 Å². The van der Waals surface area contributed by atoms with Gasteiger partial charge in [-0.2, -0.15) is 0 Å². The number of ether oxygens (including phenoxy) is 1. The van der Waals surface area contributed by atoms with Gasteiger partial charge in [-0.3, -0.25) is 9.59 Å². The van der Waals surface area contributed by atoms with Crippen molar-refractivity contribution in [2.45, 2.75) is 38.3 Å². The van der Waals surface area contributed by atoms with Crippen LogP contribution in [0.5, 0.6) is 5.75 Å². The van der Waals surface area contributed by atoms with Gasteiger partial charge in [-0.05, 0) is 49.3 Å². The molecule has 3 aliphatic rings. The highest BCUT2D eigenvalue weighted by Crippen LogP contribution is 2.38. The van der Waals surface area contributed by atoms with Crippen LogP contribution in [-0.2, 0) is 16.1 Å². The lowest BCUT2D eigenvalue weighted by molar-refractivity contribution is -0.148. The molecule has 2 bridgehead atoms. The van der Waals surface area contributed by atoms with E-state index < -0.39 is 0 Å². The number of fused-ring (bicyclic) bond motifs is 5. The van der Waals surface area contributed by atoms with Crippen LogP contribution in [0.4, 0.5) is 0 Å². The molecule has 0 saturated carbocycles. The monoisotopic (exact) mass is 381 g/mol. The number of hydrogen-bond acceptors (Lipinski definition) is 3. The van der Waals surface area contributed by atoms with Crippen molar-refractivity contribution in [3.05, 3.63) is 30.5 Å². The average molecular weight is 381 g/mol. The number of carbonyl (C=O) groups excluding carboxylic acids is 2. The van der Waals surface area contributed by atoms with Crippen LogP contribution in [0.1, 0.15) is 25.7 Å². The second kappa shape index (κ2) is 6.83. The summed E-state index contributed by atoms with van der Waals surface area (Å²) in [6.07, 6.45) is 5.90. The largest absolute Gasteiger partial charge is 0.496 e. The summed E-state index contributed by atoms with van der Waals surface area (Å²) in [5, 5.41) is 1.03. The number of rotatable bonds is 3. The van der Waals surface area contributed by atoms with E-state index in [0.29, 0.717) is 36.8 Å². The van der Waals surface area contributed by atoms with Gasteiger partial charge >= 0.3 is 0 Å². The number of methoxy groups -OCH3 is 1. The summed E-state index contributed by atoms with van der Waals surface area (Å²) in [6.45, 7) is 2.73. The Hall–Kier alpha value is -2.50. The van der Waals surface area contributed by atoms with Gasteiger partial charge < -0.3 is 19.1 Å². The number of carbonyl (C=O) groups is 2. The number of aromatic nitrogens is 1. The first-order valence-corrected chi connectivity index (χ1v) is 10.3. The SMILES string of the molecule is COc1cccc2c1ccn2CC(=O)N1C[C@@H]2C[C@@H](C1)C1CCCC(=O)N1C2. The van der Waals surface area contributed by atoms with E-state index >= 15 is 0 Å². The molecule has 2 aromatic rings. The van der Waals surface area contributed by atoms with E-state index in [2.05, 4.69) is 4.90 Å². The number of nitrogens with zero attached hydrogens (tertiary/aromatic N) is 3. The standard InChI is InChI=1S/C22H27N3O3/c1-28-20-6-2-5-19-17(20)8-9-23(19)14-22(27)24-11-15-10-16(13-24)18-4-3-7-21(26)25(18)12-15/h2,5-6,8-9,15-16,18H,3-4,7,10-14H2,1H3/t15-,16-,18?/m0/s1. The van der Waals surface area contributed by atoms with Gasteiger partial charge in [0, 0.05) is 43.7 Å². The molecule has 1 aromatic carbocycles. The minimum Gasteiger partial charge on any atom is -0.496 e. The molecule has 1 aromatic heterocycles. The summed E-state index contributed by atoms with van der Waals surface area (Å²) in [5.41, 5.74) is 1.02. The van der Waals surface area contributed by atoms with Gasteiger partial charge in [-0.25, -0.2) is 0 Å². The third-order valence-electron chi connectivity index (χ3n) is 6.83. The molecule has 1 unspecified atom stereocenters. The fraction of sp³-hybridized carbons (Fsp3) is 0.545. The first-order chi connectivity index (χ1) is 13.6. The van der Waals surface area contributed by atoms with Crippen LogP contribution in [0.15, 0.2) is 30.5 Å². The molecule has 0 spiro atoms. The second-order valence-corrected chi connectivity index (χ2v) is 8.50. The Morgan fingerprint density at radius 3 is 2.96 bits per heavy atom. The Balaban J connectivity index is 1.33. The molecule has 4 heterocycles. The average Bonchev–Trinajstić information content (AvgIpc) is 3.11. The molecular formula is C22H27N3O3. The van der Waals surface area contributed by atoms with Crippen LogP contribution in [0.25, 0.3) is 10.9 Å². The van der Waals surface area contributed by atoms with E-state index in [1.54, 1.807) is 7.11 Å². The van der Waals surface area contributed by atoms with Crippen LogP contribution in [0, 0.1) is 11.8 Å². The smallest absolute Gasteiger partial charge is 0.242 e. The van der Waals surface area contributed by atoms with Crippen LogP contribution in [0.2, 0.25) is 0 Å². The lowest BCUT2D eigenvalue weighted by Gasteiger charge is -2.52. The molecule has 2 amide bonds. The fourth-order valence-corrected chi connectivity index (χ4v) is 5.57. The minimum absolute atomic E-state index is 0.172. The summed E-state index contributed by atoms with van der Waals surface area (Å²) in [4.78, 5) is 29.6. The van der Waals surface area contributed by atoms with Gasteiger partial charge in [0.1, 0.15) is 12.3 Å². The first-order valence-electron chi connectivity index (χ1n) is 10.3. The third kappa shape index (κ3) is 2.86. The van der Waals surface area contributed by atoms with E-state index in [4.69, 9.17) is 4.74 Å². The molecule has 3 atom stereocenters. The van der Waals surface area contributed by atoms with Crippen molar-refractivity contribution in [1.29, 1.82) is 0 Å². The highest BCUT2D eigenvalue weighted by Gasteiger charge is 2.44. The molecule has 3 aliphatic heterocycles. The third-order valence-corrected chi connectivity index (χ3v) is 6.83. The van der Waals surface area contributed by atoms with Crippen LogP contribution < -0.4 is 4.74 Å². The van der Waals surface area contributed by atoms with E-state index in [-0.39, 0.29) is 5.91 Å². The van der Waals surface area contributed by atoms with Gasteiger partial charge in [0.25, 0.3) is 0 Å². The first kappa shape index (κ1) is 17.6. The normalized spacial score (nSPS) is 27.0. The molecule has 6 nitrogen and oxygen atoms in total. The molecule has 0 N–H and O–H groups in total. The van der Waals surface area contributed by atoms with Gasteiger partial charge in [0.2, 0.25) is 11.8 Å². The summed E-state index contributed by atoms with van der Waals surface area (Å²) in [5.74, 6) is 2.17. The van der Waals surface area contributed by atoms with Crippen molar-refractivity contribution in [2.75, 3.05) is 26.7 Å². The predicted molar refractivity (Wildman–Crippen MR) is 106 cm³/mol. The fourth-order valence-electron chi connectivity index (χ4n) is 5.57.